The fourth-order valence-electron chi connectivity index (χ4n) is 3.97. The third kappa shape index (κ3) is 2.96. The Hall–Kier alpha value is -3.45. The van der Waals surface area contributed by atoms with E-state index in [1.54, 1.807) is 24.1 Å². The van der Waals surface area contributed by atoms with Crippen LogP contribution in [0.3, 0.4) is 0 Å². The summed E-state index contributed by atoms with van der Waals surface area (Å²) in [6.07, 6.45) is 0. The lowest BCUT2D eigenvalue weighted by molar-refractivity contribution is 0.0971. The number of nitrogens with zero attached hydrogens (tertiary/aromatic N) is 2. The number of thiazole rings is 1. The van der Waals surface area contributed by atoms with Crippen molar-refractivity contribution in [2.24, 2.45) is 0 Å². The third-order valence-corrected chi connectivity index (χ3v) is 6.73. The van der Waals surface area contributed by atoms with Crippen LogP contribution in [0.25, 0.3) is 11.0 Å². The van der Waals surface area contributed by atoms with Crippen LogP contribution < -0.4 is 15.1 Å². The fraction of sp³-hybridized carbons (Fsp3) is 0.208. The van der Waals surface area contributed by atoms with E-state index in [4.69, 9.17) is 9.15 Å². The minimum absolute atomic E-state index is 0.0691. The number of amides is 1. The Balaban J connectivity index is 1.83. The molecule has 6 nitrogen and oxygen atoms in total. The van der Waals surface area contributed by atoms with Gasteiger partial charge < -0.3 is 9.15 Å². The molecule has 0 spiro atoms. The molecule has 0 bridgehead atoms. The normalized spacial score (nSPS) is 15.5. The molecule has 1 unspecified atom stereocenters. The summed E-state index contributed by atoms with van der Waals surface area (Å²) in [6.45, 7) is 5.79. The molecule has 156 valence electrons. The molecule has 0 N–H and O–H groups in total. The molecule has 31 heavy (non-hydrogen) atoms. The highest BCUT2D eigenvalue weighted by molar-refractivity contribution is 7.15. The first-order chi connectivity index (χ1) is 14.9. The van der Waals surface area contributed by atoms with E-state index >= 15 is 0 Å². The van der Waals surface area contributed by atoms with Crippen LogP contribution >= 0.6 is 11.3 Å². The van der Waals surface area contributed by atoms with E-state index in [2.05, 4.69) is 4.98 Å². The van der Waals surface area contributed by atoms with Crippen molar-refractivity contribution < 1.29 is 13.9 Å². The molecular weight excluding hydrogens is 412 g/mol. The number of hydrogen-bond acceptors (Lipinski definition) is 6. The maximum absolute atomic E-state index is 13.6. The van der Waals surface area contributed by atoms with Crippen molar-refractivity contribution in [3.05, 3.63) is 85.7 Å². The van der Waals surface area contributed by atoms with Gasteiger partial charge in [-0.25, -0.2) is 4.98 Å². The predicted molar refractivity (Wildman–Crippen MR) is 120 cm³/mol. The van der Waals surface area contributed by atoms with Gasteiger partial charge in [-0.2, -0.15) is 0 Å². The van der Waals surface area contributed by atoms with E-state index in [0.29, 0.717) is 27.4 Å². The van der Waals surface area contributed by atoms with Crippen molar-refractivity contribution in [1.82, 2.24) is 4.98 Å². The van der Waals surface area contributed by atoms with Gasteiger partial charge in [-0.3, -0.25) is 14.5 Å². The summed E-state index contributed by atoms with van der Waals surface area (Å²) >= 11 is 1.43. The smallest absolute Gasteiger partial charge is 0.297 e. The van der Waals surface area contributed by atoms with E-state index < -0.39 is 6.04 Å². The number of ether oxygens (including phenoxy) is 1. The molecule has 3 heterocycles. The number of aromatic nitrogens is 1. The molecule has 0 aliphatic carbocycles. The first-order valence-electron chi connectivity index (χ1n) is 9.88. The second-order valence-corrected chi connectivity index (χ2v) is 8.85. The van der Waals surface area contributed by atoms with Crippen molar-refractivity contribution in [2.75, 3.05) is 12.0 Å². The average molecular weight is 433 g/mol. The van der Waals surface area contributed by atoms with Gasteiger partial charge in [-0.15, -0.1) is 11.3 Å². The van der Waals surface area contributed by atoms with Crippen molar-refractivity contribution >= 4 is 33.3 Å². The van der Waals surface area contributed by atoms with Crippen molar-refractivity contribution in [2.45, 2.75) is 26.8 Å². The quantitative estimate of drug-likeness (QED) is 0.459. The Labute approximate surface area is 182 Å². The van der Waals surface area contributed by atoms with Crippen LogP contribution in [0.2, 0.25) is 0 Å². The Morgan fingerprint density at radius 3 is 2.61 bits per heavy atom. The van der Waals surface area contributed by atoms with Crippen LogP contribution in [0.5, 0.6) is 5.75 Å². The summed E-state index contributed by atoms with van der Waals surface area (Å²) in [5, 5.41) is 1.01. The second-order valence-electron chi connectivity index (χ2n) is 7.67. The average Bonchev–Trinajstić information content (AvgIpc) is 3.25. The van der Waals surface area contributed by atoms with Gasteiger partial charge in [0.05, 0.1) is 29.8 Å². The van der Waals surface area contributed by atoms with Gasteiger partial charge in [-0.05, 0) is 50.6 Å². The number of rotatable bonds is 3. The van der Waals surface area contributed by atoms with E-state index in [0.717, 1.165) is 21.7 Å². The number of hydrogen-bond donors (Lipinski definition) is 0. The van der Waals surface area contributed by atoms with Gasteiger partial charge in [0.1, 0.15) is 11.3 Å². The number of aryl methyl sites for hydroxylation is 3. The monoisotopic (exact) mass is 432 g/mol. The first kappa shape index (κ1) is 19.5. The number of carbonyl (C=O) groups is 1. The lowest BCUT2D eigenvalue weighted by atomic mass is 9.98. The van der Waals surface area contributed by atoms with Gasteiger partial charge in [-0.1, -0.05) is 23.8 Å². The van der Waals surface area contributed by atoms with E-state index in [1.807, 2.05) is 51.1 Å². The van der Waals surface area contributed by atoms with E-state index in [1.165, 1.54) is 11.3 Å². The van der Waals surface area contributed by atoms with Crippen molar-refractivity contribution in [3.63, 3.8) is 0 Å². The Kier molecular flexibility index (Phi) is 4.44. The lowest BCUT2D eigenvalue weighted by Gasteiger charge is -2.23. The topological polar surface area (TPSA) is 72.6 Å². The van der Waals surface area contributed by atoms with Gasteiger partial charge >= 0.3 is 0 Å². The number of methoxy groups -OCH3 is 1. The van der Waals surface area contributed by atoms with Crippen LogP contribution in [0.4, 0.5) is 5.13 Å². The summed E-state index contributed by atoms with van der Waals surface area (Å²) in [4.78, 5) is 34.4. The highest BCUT2D eigenvalue weighted by Gasteiger charge is 2.45. The zero-order valence-electron chi connectivity index (χ0n) is 17.6. The van der Waals surface area contributed by atoms with E-state index in [9.17, 15) is 9.59 Å². The molecule has 7 heteroatoms. The third-order valence-electron chi connectivity index (χ3n) is 5.66. The molecule has 0 saturated heterocycles. The fourth-order valence-corrected chi connectivity index (χ4v) is 4.91. The highest BCUT2D eigenvalue weighted by atomic mass is 32.1. The standard InChI is InChI=1S/C24H20N2O4S/c1-12-8-9-18-17(10-12)21(27)19-20(15-6-5-7-16(11-15)29-4)26(23(28)22(19)30-18)24-25-13(2)14(3)31-24/h5-11,20H,1-4H3. The van der Waals surface area contributed by atoms with Crippen LogP contribution in [-0.2, 0) is 0 Å². The lowest BCUT2D eigenvalue weighted by Crippen LogP contribution is -2.29. The zero-order chi connectivity index (χ0) is 21.9. The molecule has 1 aliphatic rings. The molecule has 0 radical (unpaired) electrons. The number of carbonyl (C=O) groups excluding carboxylic acids is 1. The molecule has 0 saturated carbocycles. The number of benzene rings is 2. The largest absolute Gasteiger partial charge is 0.497 e. The van der Waals surface area contributed by atoms with Crippen LogP contribution in [0.15, 0.2) is 51.7 Å². The summed E-state index contributed by atoms with van der Waals surface area (Å²) < 4.78 is 11.4. The summed E-state index contributed by atoms with van der Waals surface area (Å²) in [7, 11) is 1.59. The molecule has 1 atom stereocenters. The molecule has 1 amide bonds. The molecule has 4 aromatic rings. The van der Waals surface area contributed by atoms with E-state index in [-0.39, 0.29) is 17.1 Å². The summed E-state index contributed by atoms with van der Waals surface area (Å²) in [6, 6.07) is 12.2. The van der Waals surface area contributed by atoms with Crippen LogP contribution in [0.1, 0.15) is 43.9 Å². The Bertz CT molecular complexity index is 1400. The minimum atomic E-state index is -0.649. The van der Waals surface area contributed by atoms with Crippen molar-refractivity contribution in [1.29, 1.82) is 0 Å². The summed E-state index contributed by atoms with van der Waals surface area (Å²) in [5.74, 6) is 0.349. The Morgan fingerprint density at radius 1 is 1.10 bits per heavy atom. The predicted octanol–water partition coefficient (Wildman–Crippen LogP) is 4.93. The maximum atomic E-state index is 13.6. The summed E-state index contributed by atoms with van der Waals surface area (Å²) in [5.41, 5.74) is 3.10. The van der Waals surface area contributed by atoms with Crippen LogP contribution in [-0.4, -0.2) is 18.0 Å². The molecule has 2 aromatic carbocycles. The molecule has 5 rings (SSSR count). The van der Waals surface area contributed by atoms with Gasteiger partial charge in [0, 0.05) is 4.88 Å². The first-order valence-corrected chi connectivity index (χ1v) is 10.7. The second kappa shape index (κ2) is 7.06. The SMILES string of the molecule is COc1cccc(C2c3c(oc4ccc(C)cc4c3=O)C(=O)N2c2nc(C)c(C)s2)c1. The molecular formula is C24H20N2O4S. The minimum Gasteiger partial charge on any atom is -0.497 e. The number of anilines is 1. The Morgan fingerprint density at radius 2 is 1.90 bits per heavy atom. The van der Waals surface area contributed by atoms with Gasteiger partial charge in [0.2, 0.25) is 5.76 Å². The molecule has 0 fully saturated rings. The molecule has 2 aromatic heterocycles. The van der Waals surface area contributed by atoms with Crippen LogP contribution in [0, 0.1) is 20.8 Å². The van der Waals surface area contributed by atoms with Crippen molar-refractivity contribution in [3.8, 4) is 5.75 Å². The molecule has 1 aliphatic heterocycles. The highest BCUT2D eigenvalue weighted by Crippen LogP contribution is 2.43. The maximum Gasteiger partial charge on any atom is 0.297 e. The number of fused-ring (bicyclic) bond motifs is 2. The van der Waals surface area contributed by atoms with Gasteiger partial charge in [0.25, 0.3) is 5.91 Å². The van der Waals surface area contributed by atoms with Gasteiger partial charge in [0.15, 0.2) is 10.6 Å². The zero-order valence-corrected chi connectivity index (χ0v) is 18.4.